The highest BCUT2D eigenvalue weighted by molar-refractivity contribution is 9.10. The lowest BCUT2D eigenvalue weighted by Crippen LogP contribution is -2.36. The van der Waals surface area contributed by atoms with Crippen LogP contribution in [-0.2, 0) is 9.59 Å². The van der Waals surface area contributed by atoms with Crippen molar-refractivity contribution in [3.05, 3.63) is 58.3 Å². The molecule has 0 spiro atoms. The Morgan fingerprint density at radius 1 is 1.17 bits per heavy atom. The Hall–Kier alpha value is -2.21. The molecular formula is C17H16BrFN2O2. The maximum atomic E-state index is 12.9. The van der Waals surface area contributed by atoms with E-state index in [1.54, 1.807) is 6.07 Å². The summed E-state index contributed by atoms with van der Waals surface area (Å²) < 4.78 is 13.8. The van der Waals surface area contributed by atoms with Crippen LogP contribution < -0.4 is 10.2 Å². The molecule has 120 valence electrons. The molecule has 0 atom stereocenters. The van der Waals surface area contributed by atoms with Gasteiger partial charge in [0.1, 0.15) is 12.4 Å². The molecule has 4 nitrogen and oxygen atoms in total. The number of hydrogen-bond acceptors (Lipinski definition) is 2. The summed E-state index contributed by atoms with van der Waals surface area (Å²) in [5.74, 6) is -0.966. The maximum Gasteiger partial charge on any atom is 0.244 e. The first-order chi connectivity index (χ1) is 10.9. The van der Waals surface area contributed by atoms with Gasteiger partial charge in [0.15, 0.2) is 0 Å². The van der Waals surface area contributed by atoms with Gasteiger partial charge in [0.2, 0.25) is 11.8 Å². The second-order valence-electron chi connectivity index (χ2n) is 5.09. The van der Waals surface area contributed by atoms with Gasteiger partial charge in [0.25, 0.3) is 0 Å². The number of anilines is 2. The number of carbonyl (C=O) groups is 2. The van der Waals surface area contributed by atoms with Gasteiger partial charge in [0.05, 0.1) is 0 Å². The van der Waals surface area contributed by atoms with Crippen LogP contribution in [0.5, 0.6) is 0 Å². The van der Waals surface area contributed by atoms with Crippen LogP contribution in [0.2, 0.25) is 0 Å². The van der Waals surface area contributed by atoms with Crippen LogP contribution >= 0.6 is 15.9 Å². The molecule has 1 N–H and O–H groups in total. The molecule has 0 saturated heterocycles. The fourth-order valence-electron chi connectivity index (χ4n) is 2.06. The van der Waals surface area contributed by atoms with Crippen molar-refractivity contribution in [1.29, 1.82) is 0 Å². The van der Waals surface area contributed by atoms with Crippen LogP contribution in [0.25, 0.3) is 0 Å². The molecular weight excluding hydrogens is 363 g/mol. The number of hydrogen-bond donors (Lipinski definition) is 1. The number of rotatable bonds is 4. The van der Waals surface area contributed by atoms with Gasteiger partial charge in [-0.25, -0.2) is 4.39 Å². The second kappa shape index (κ2) is 7.37. The van der Waals surface area contributed by atoms with E-state index in [1.165, 1.54) is 36.1 Å². The van der Waals surface area contributed by atoms with Gasteiger partial charge in [-0.3, -0.25) is 9.59 Å². The van der Waals surface area contributed by atoms with Crippen LogP contribution in [0.15, 0.2) is 46.9 Å². The van der Waals surface area contributed by atoms with Crippen LogP contribution in [0.3, 0.4) is 0 Å². The molecule has 2 rings (SSSR count). The van der Waals surface area contributed by atoms with Gasteiger partial charge < -0.3 is 10.2 Å². The number of amides is 2. The van der Waals surface area contributed by atoms with E-state index in [0.717, 1.165) is 10.0 Å². The normalized spacial score (nSPS) is 10.3. The van der Waals surface area contributed by atoms with E-state index in [-0.39, 0.29) is 24.2 Å². The predicted octanol–water partition coefficient (Wildman–Crippen LogP) is 3.89. The third-order valence-electron chi connectivity index (χ3n) is 3.26. The summed E-state index contributed by atoms with van der Waals surface area (Å²) in [6, 6.07) is 10.9. The number of nitrogens with zero attached hydrogens (tertiary/aromatic N) is 1. The molecule has 0 saturated carbocycles. The zero-order valence-corrected chi connectivity index (χ0v) is 14.4. The quantitative estimate of drug-likeness (QED) is 0.877. The third kappa shape index (κ3) is 4.63. The Bertz CT molecular complexity index is 732. The van der Waals surface area contributed by atoms with Crippen LogP contribution in [0.1, 0.15) is 12.5 Å². The Balaban J connectivity index is 2.12. The van der Waals surface area contributed by atoms with Crippen molar-refractivity contribution in [3.63, 3.8) is 0 Å². The summed E-state index contributed by atoms with van der Waals surface area (Å²) in [5.41, 5.74) is 2.09. The highest BCUT2D eigenvalue weighted by Gasteiger charge is 2.16. The largest absolute Gasteiger partial charge is 0.325 e. The zero-order chi connectivity index (χ0) is 17.0. The van der Waals surface area contributed by atoms with Crippen molar-refractivity contribution >= 4 is 39.1 Å². The van der Waals surface area contributed by atoms with E-state index in [4.69, 9.17) is 0 Å². The summed E-state index contributed by atoms with van der Waals surface area (Å²) in [4.78, 5) is 25.4. The minimum Gasteiger partial charge on any atom is -0.325 e. The first-order valence-corrected chi connectivity index (χ1v) is 7.76. The maximum absolute atomic E-state index is 12.9. The average molecular weight is 379 g/mol. The molecule has 0 aliphatic heterocycles. The lowest BCUT2D eigenvalue weighted by molar-refractivity contribution is -0.120. The van der Waals surface area contributed by atoms with E-state index in [0.29, 0.717) is 11.4 Å². The highest BCUT2D eigenvalue weighted by Crippen LogP contribution is 2.23. The van der Waals surface area contributed by atoms with Crippen LogP contribution in [-0.4, -0.2) is 18.4 Å². The predicted molar refractivity (Wildman–Crippen MR) is 91.9 cm³/mol. The van der Waals surface area contributed by atoms with Crippen molar-refractivity contribution in [3.8, 4) is 0 Å². The number of carbonyl (C=O) groups excluding carboxylic acids is 2. The van der Waals surface area contributed by atoms with E-state index in [1.807, 2.05) is 19.1 Å². The van der Waals surface area contributed by atoms with Gasteiger partial charge in [0, 0.05) is 22.8 Å². The lowest BCUT2D eigenvalue weighted by atomic mass is 10.2. The molecule has 0 heterocycles. The number of halogens is 2. The summed E-state index contributed by atoms with van der Waals surface area (Å²) in [5, 5.41) is 2.64. The van der Waals surface area contributed by atoms with E-state index in [9.17, 15) is 14.0 Å². The lowest BCUT2D eigenvalue weighted by Gasteiger charge is -2.21. The van der Waals surface area contributed by atoms with E-state index >= 15 is 0 Å². The molecule has 0 aliphatic rings. The summed E-state index contributed by atoms with van der Waals surface area (Å²) in [6.45, 7) is 3.20. The third-order valence-corrected chi connectivity index (χ3v) is 4.15. The molecule has 0 aromatic heterocycles. The molecule has 2 amide bonds. The van der Waals surface area contributed by atoms with Crippen molar-refractivity contribution in [2.75, 3.05) is 16.8 Å². The summed E-state index contributed by atoms with van der Waals surface area (Å²) in [7, 11) is 0. The minimum absolute atomic E-state index is 0.117. The fraction of sp³-hybridized carbons (Fsp3) is 0.176. The van der Waals surface area contributed by atoms with Gasteiger partial charge in [-0.1, -0.05) is 15.9 Å². The van der Waals surface area contributed by atoms with E-state index in [2.05, 4.69) is 21.2 Å². The SMILES string of the molecule is CC(=O)N(CC(=O)Nc1ccc(F)cc1)c1ccc(Br)c(C)c1. The minimum atomic E-state index is -0.376. The van der Waals surface area contributed by atoms with Crippen molar-refractivity contribution in [2.45, 2.75) is 13.8 Å². The number of benzene rings is 2. The molecule has 0 unspecified atom stereocenters. The molecule has 0 bridgehead atoms. The van der Waals surface area contributed by atoms with Crippen molar-refractivity contribution in [1.82, 2.24) is 0 Å². The van der Waals surface area contributed by atoms with Crippen LogP contribution in [0.4, 0.5) is 15.8 Å². The van der Waals surface area contributed by atoms with Crippen molar-refractivity contribution < 1.29 is 14.0 Å². The molecule has 0 aliphatic carbocycles. The smallest absolute Gasteiger partial charge is 0.244 e. The topological polar surface area (TPSA) is 49.4 Å². The summed E-state index contributed by atoms with van der Waals surface area (Å²) >= 11 is 3.40. The van der Waals surface area contributed by atoms with Gasteiger partial charge in [-0.2, -0.15) is 0 Å². The molecule has 0 radical (unpaired) electrons. The molecule has 2 aromatic carbocycles. The standard InChI is InChI=1S/C17H16BrFN2O2/c1-11-9-15(7-8-16(11)18)21(12(2)22)10-17(23)20-14-5-3-13(19)4-6-14/h3-9H,10H2,1-2H3,(H,20,23). The van der Waals surface area contributed by atoms with Crippen molar-refractivity contribution in [2.24, 2.45) is 0 Å². The Kier molecular flexibility index (Phi) is 5.50. The zero-order valence-electron chi connectivity index (χ0n) is 12.8. The Labute approximate surface area is 142 Å². The highest BCUT2D eigenvalue weighted by atomic mass is 79.9. The second-order valence-corrected chi connectivity index (χ2v) is 5.95. The van der Waals surface area contributed by atoms with Gasteiger partial charge >= 0.3 is 0 Å². The molecule has 6 heteroatoms. The summed E-state index contributed by atoms with van der Waals surface area (Å²) in [6.07, 6.45) is 0. The van der Waals surface area contributed by atoms with E-state index < -0.39 is 0 Å². The van der Waals surface area contributed by atoms with Crippen LogP contribution in [0, 0.1) is 12.7 Å². The number of nitrogens with one attached hydrogen (secondary N) is 1. The number of aryl methyl sites for hydroxylation is 1. The first kappa shape index (κ1) is 17.1. The Morgan fingerprint density at radius 2 is 1.83 bits per heavy atom. The molecule has 2 aromatic rings. The fourth-order valence-corrected chi connectivity index (χ4v) is 2.31. The monoisotopic (exact) mass is 378 g/mol. The van der Waals surface area contributed by atoms with Gasteiger partial charge in [-0.05, 0) is 55.0 Å². The van der Waals surface area contributed by atoms with Gasteiger partial charge in [-0.15, -0.1) is 0 Å². The Morgan fingerprint density at radius 3 is 2.39 bits per heavy atom. The molecule has 23 heavy (non-hydrogen) atoms. The molecule has 0 fully saturated rings. The average Bonchev–Trinajstić information content (AvgIpc) is 2.50. The first-order valence-electron chi connectivity index (χ1n) is 6.96.